The summed E-state index contributed by atoms with van der Waals surface area (Å²) >= 11 is 5.86. The van der Waals surface area contributed by atoms with Crippen LogP contribution in [0.1, 0.15) is 17.0 Å². The van der Waals surface area contributed by atoms with E-state index in [2.05, 4.69) is 5.32 Å². The summed E-state index contributed by atoms with van der Waals surface area (Å²) in [6, 6.07) is 15.2. The molecular formula is C15H14ClNO. The van der Waals surface area contributed by atoms with Gasteiger partial charge in [-0.15, -0.1) is 0 Å². The molecule has 92 valence electrons. The lowest BCUT2D eigenvalue weighted by Gasteiger charge is -2.15. The van der Waals surface area contributed by atoms with Crippen LogP contribution in [-0.2, 0) is 4.79 Å². The first-order valence-electron chi connectivity index (χ1n) is 5.73. The molecule has 0 aliphatic heterocycles. The number of aldehydes is 1. The summed E-state index contributed by atoms with van der Waals surface area (Å²) in [6.45, 7) is 0. The predicted octanol–water partition coefficient (Wildman–Crippen LogP) is 3.71. The Morgan fingerprint density at radius 3 is 2.39 bits per heavy atom. The van der Waals surface area contributed by atoms with Crippen LogP contribution >= 0.6 is 11.6 Å². The molecule has 0 bridgehead atoms. The van der Waals surface area contributed by atoms with Crippen molar-refractivity contribution in [2.75, 3.05) is 12.4 Å². The molecule has 1 unspecified atom stereocenters. The molecule has 1 N–H and O–H groups in total. The van der Waals surface area contributed by atoms with Crippen molar-refractivity contribution in [3.05, 3.63) is 64.7 Å². The third-order valence-electron chi connectivity index (χ3n) is 2.93. The number of nitrogens with one attached hydrogen (secondary N) is 1. The Morgan fingerprint density at radius 2 is 1.78 bits per heavy atom. The first-order chi connectivity index (χ1) is 8.76. The molecule has 0 radical (unpaired) electrons. The molecule has 2 nitrogen and oxygen atoms in total. The van der Waals surface area contributed by atoms with Crippen molar-refractivity contribution >= 4 is 23.6 Å². The van der Waals surface area contributed by atoms with Crippen LogP contribution in [0.2, 0.25) is 5.02 Å². The molecule has 0 amide bonds. The standard InChI is InChI=1S/C15H14ClNO/c1-17-15-5-3-2-4-13(15)14(10-18)11-6-8-12(16)9-7-11/h2-10,14,17H,1H3. The van der Waals surface area contributed by atoms with E-state index in [0.717, 1.165) is 23.1 Å². The molecule has 0 saturated carbocycles. The maximum atomic E-state index is 11.4. The molecule has 0 aromatic heterocycles. The van der Waals surface area contributed by atoms with E-state index in [1.54, 1.807) is 12.1 Å². The smallest absolute Gasteiger partial charge is 0.131 e. The highest BCUT2D eigenvalue weighted by molar-refractivity contribution is 6.30. The molecule has 18 heavy (non-hydrogen) atoms. The van der Waals surface area contributed by atoms with Crippen molar-refractivity contribution in [1.82, 2.24) is 0 Å². The summed E-state index contributed by atoms with van der Waals surface area (Å²) in [4.78, 5) is 11.4. The number of rotatable bonds is 4. The molecule has 2 rings (SSSR count). The molecule has 0 fully saturated rings. The molecule has 0 aliphatic carbocycles. The zero-order chi connectivity index (χ0) is 13.0. The van der Waals surface area contributed by atoms with E-state index in [-0.39, 0.29) is 5.92 Å². The summed E-state index contributed by atoms with van der Waals surface area (Å²) < 4.78 is 0. The van der Waals surface area contributed by atoms with E-state index in [1.165, 1.54) is 0 Å². The fourth-order valence-corrected chi connectivity index (χ4v) is 2.12. The van der Waals surface area contributed by atoms with Gasteiger partial charge in [-0.05, 0) is 29.3 Å². The van der Waals surface area contributed by atoms with Crippen molar-refractivity contribution in [3.63, 3.8) is 0 Å². The monoisotopic (exact) mass is 259 g/mol. The van der Waals surface area contributed by atoms with Gasteiger partial charge in [0, 0.05) is 17.8 Å². The second-order valence-corrected chi connectivity index (χ2v) is 4.44. The van der Waals surface area contributed by atoms with Crippen molar-refractivity contribution in [1.29, 1.82) is 0 Å². The summed E-state index contributed by atoms with van der Waals surface area (Å²) in [5, 5.41) is 3.78. The quantitative estimate of drug-likeness (QED) is 0.848. The number of carbonyl (C=O) groups excluding carboxylic acids is 1. The molecule has 0 heterocycles. The summed E-state index contributed by atoms with van der Waals surface area (Å²) in [7, 11) is 1.85. The highest BCUT2D eigenvalue weighted by Crippen LogP contribution is 2.29. The minimum Gasteiger partial charge on any atom is -0.388 e. The van der Waals surface area contributed by atoms with Gasteiger partial charge in [-0.2, -0.15) is 0 Å². The van der Waals surface area contributed by atoms with Gasteiger partial charge < -0.3 is 10.1 Å². The van der Waals surface area contributed by atoms with E-state index in [0.29, 0.717) is 5.02 Å². The third kappa shape index (κ3) is 2.54. The van der Waals surface area contributed by atoms with E-state index in [9.17, 15) is 4.79 Å². The molecule has 2 aromatic rings. The molecule has 0 aliphatic rings. The topological polar surface area (TPSA) is 29.1 Å². The molecule has 0 spiro atoms. The number of hydrogen-bond acceptors (Lipinski definition) is 2. The number of halogens is 1. The third-order valence-corrected chi connectivity index (χ3v) is 3.18. The fraction of sp³-hybridized carbons (Fsp3) is 0.133. The van der Waals surface area contributed by atoms with Gasteiger partial charge in [0.25, 0.3) is 0 Å². The van der Waals surface area contributed by atoms with Crippen molar-refractivity contribution < 1.29 is 4.79 Å². The van der Waals surface area contributed by atoms with E-state index >= 15 is 0 Å². The van der Waals surface area contributed by atoms with Crippen LogP contribution < -0.4 is 5.32 Å². The van der Waals surface area contributed by atoms with Crippen LogP contribution in [0.15, 0.2) is 48.5 Å². The summed E-state index contributed by atoms with van der Waals surface area (Å²) in [5.74, 6) is -0.272. The summed E-state index contributed by atoms with van der Waals surface area (Å²) in [6.07, 6.45) is 0.958. The van der Waals surface area contributed by atoms with Gasteiger partial charge in [0.15, 0.2) is 0 Å². The highest BCUT2D eigenvalue weighted by Gasteiger charge is 2.15. The van der Waals surface area contributed by atoms with E-state index in [1.807, 2.05) is 43.4 Å². The van der Waals surface area contributed by atoms with Crippen molar-refractivity contribution in [2.24, 2.45) is 0 Å². The minimum atomic E-state index is -0.272. The predicted molar refractivity (Wildman–Crippen MR) is 75.3 cm³/mol. The minimum absolute atomic E-state index is 0.272. The second kappa shape index (κ2) is 5.69. The number of anilines is 1. The zero-order valence-electron chi connectivity index (χ0n) is 10.1. The molecule has 3 heteroatoms. The number of benzene rings is 2. The highest BCUT2D eigenvalue weighted by atomic mass is 35.5. The van der Waals surface area contributed by atoms with Gasteiger partial charge in [0.1, 0.15) is 6.29 Å². The molecular weight excluding hydrogens is 246 g/mol. The first-order valence-corrected chi connectivity index (χ1v) is 6.11. The van der Waals surface area contributed by atoms with Crippen LogP contribution in [0.4, 0.5) is 5.69 Å². The molecule has 1 atom stereocenters. The van der Waals surface area contributed by atoms with Crippen LogP contribution in [0.5, 0.6) is 0 Å². The van der Waals surface area contributed by atoms with Gasteiger partial charge in [-0.1, -0.05) is 41.9 Å². The Labute approximate surface area is 112 Å². The Bertz CT molecular complexity index is 536. The van der Waals surface area contributed by atoms with Gasteiger partial charge >= 0.3 is 0 Å². The van der Waals surface area contributed by atoms with Gasteiger partial charge in [-0.25, -0.2) is 0 Å². The Kier molecular flexibility index (Phi) is 4.00. The fourth-order valence-electron chi connectivity index (χ4n) is 2.00. The average molecular weight is 260 g/mol. The van der Waals surface area contributed by atoms with Crippen molar-refractivity contribution in [3.8, 4) is 0 Å². The number of carbonyl (C=O) groups is 1. The van der Waals surface area contributed by atoms with Gasteiger partial charge in [-0.3, -0.25) is 0 Å². The van der Waals surface area contributed by atoms with Gasteiger partial charge in [0.2, 0.25) is 0 Å². The van der Waals surface area contributed by atoms with Crippen LogP contribution in [0, 0.1) is 0 Å². The Hall–Kier alpha value is -1.80. The van der Waals surface area contributed by atoms with E-state index < -0.39 is 0 Å². The van der Waals surface area contributed by atoms with Crippen LogP contribution in [0.25, 0.3) is 0 Å². The Morgan fingerprint density at radius 1 is 1.11 bits per heavy atom. The van der Waals surface area contributed by atoms with E-state index in [4.69, 9.17) is 11.6 Å². The SMILES string of the molecule is CNc1ccccc1C(C=O)c1ccc(Cl)cc1. The molecule has 2 aromatic carbocycles. The van der Waals surface area contributed by atoms with Crippen LogP contribution in [0.3, 0.4) is 0 Å². The lowest BCUT2D eigenvalue weighted by atomic mass is 9.91. The largest absolute Gasteiger partial charge is 0.388 e. The van der Waals surface area contributed by atoms with Crippen LogP contribution in [-0.4, -0.2) is 13.3 Å². The number of para-hydroxylation sites is 1. The first kappa shape index (κ1) is 12.7. The van der Waals surface area contributed by atoms with Crippen molar-refractivity contribution in [2.45, 2.75) is 5.92 Å². The maximum absolute atomic E-state index is 11.4. The lowest BCUT2D eigenvalue weighted by Crippen LogP contribution is -2.05. The molecule has 0 saturated heterocycles. The lowest BCUT2D eigenvalue weighted by molar-refractivity contribution is -0.108. The average Bonchev–Trinajstić information content (AvgIpc) is 2.42. The summed E-state index contributed by atoms with van der Waals surface area (Å²) in [5.41, 5.74) is 2.87. The normalized spacial score (nSPS) is 11.9. The maximum Gasteiger partial charge on any atom is 0.131 e. The number of hydrogen-bond donors (Lipinski definition) is 1. The second-order valence-electron chi connectivity index (χ2n) is 4.00. The Balaban J connectivity index is 2.45. The zero-order valence-corrected chi connectivity index (χ0v) is 10.8. The van der Waals surface area contributed by atoms with Gasteiger partial charge in [0.05, 0.1) is 5.92 Å².